The number of nitrogens with zero attached hydrogens (tertiary/aromatic N) is 2. The van der Waals surface area contributed by atoms with E-state index in [-0.39, 0.29) is 10.8 Å². The molecule has 114 valence electrons. The van der Waals surface area contributed by atoms with Crippen LogP contribution in [-0.4, -0.2) is 26.0 Å². The topological polar surface area (TPSA) is 98.5 Å². The van der Waals surface area contributed by atoms with Crippen molar-refractivity contribution in [2.24, 2.45) is 5.73 Å². The lowest BCUT2D eigenvalue weighted by Crippen LogP contribution is -2.39. The predicted octanol–water partition coefficient (Wildman–Crippen LogP) is 1.29. The Morgan fingerprint density at radius 2 is 1.95 bits per heavy atom. The summed E-state index contributed by atoms with van der Waals surface area (Å²) < 4.78 is 32.3. The molecule has 0 radical (unpaired) electrons. The van der Waals surface area contributed by atoms with E-state index in [1.54, 1.807) is 30.3 Å². The Balaban J connectivity index is 2.25. The molecular weight excluding hydrogens is 306 g/mol. The van der Waals surface area contributed by atoms with E-state index in [9.17, 15) is 13.2 Å². The Hall–Kier alpha value is -2.74. The Labute approximate surface area is 126 Å². The Morgan fingerprint density at radius 3 is 2.59 bits per heavy atom. The van der Waals surface area contributed by atoms with Gasteiger partial charge < -0.3 is 10.2 Å². The molecule has 0 aliphatic carbocycles. The van der Waals surface area contributed by atoms with E-state index in [1.807, 2.05) is 0 Å². The minimum Gasteiger partial charge on any atom is -0.451 e. The normalized spacial score (nSPS) is 11.7. The highest BCUT2D eigenvalue weighted by molar-refractivity contribution is 7.92. The van der Waals surface area contributed by atoms with Gasteiger partial charge in [0.15, 0.2) is 0 Å². The summed E-state index contributed by atoms with van der Waals surface area (Å²) in [7, 11) is -2.61. The molecule has 0 fully saturated rings. The lowest BCUT2D eigenvalue weighted by molar-refractivity contribution is 0.0992. The number of hydrogen-bond acceptors (Lipinski definition) is 4. The van der Waals surface area contributed by atoms with Gasteiger partial charge in [0.2, 0.25) is 5.09 Å². The molecule has 2 N–H and O–H groups in total. The van der Waals surface area contributed by atoms with Crippen molar-refractivity contribution in [1.82, 2.24) is 4.68 Å². The molecular formula is C14H13N3O4S. The summed E-state index contributed by atoms with van der Waals surface area (Å²) in [6, 6.07) is 11.4. The standard InChI is InChI=1S/C14H13N3O4S/c1-16(22(19,20)13-7-4-8-21-13)17-11-6-3-2-5-10(11)9-12(17)14(15)18/h2-9H,1H3,(H2,15,18). The van der Waals surface area contributed by atoms with Gasteiger partial charge in [-0.2, -0.15) is 8.42 Å². The first-order chi connectivity index (χ1) is 10.4. The average Bonchev–Trinajstić information content (AvgIpc) is 3.14. The van der Waals surface area contributed by atoms with E-state index in [4.69, 9.17) is 10.2 Å². The monoisotopic (exact) mass is 319 g/mol. The summed E-state index contributed by atoms with van der Waals surface area (Å²) in [6.45, 7) is 0. The first-order valence-electron chi connectivity index (χ1n) is 6.36. The molecule has 0 atom stereocenters. The van der Waals surface area contributed by atoms with E-state index >= 15 is 0 Å². The lowest BCUT2D eigenvalue weighted by Gasteiger charge is -2.22. The van der Waals surface area contributed by atoms with Gasteiger partial charge in [-0.05, 0) is 24.3 Å². The maximum absolute atomic E-state index is 12.6. The van der Waals surface area contributed by atoms with Crippen molar-refractivity contribution in [3.05, 3.63) is 54.4 Å². The van der Waals surface area contributed by atoms with Gasteiger partial charge in [-0.3, -0.25) is 4.79 Å². The number of benzene rings is 1. The van der Waals surface area contributed by atoms with E-state index in [0.717, 1.165) is 4.41 Å². The minimum atomic E-state index is -3.94. The van der Waals surface area contributed by atoms with Crippen molar-refractivity contribution in [3.8, 4) is 0 Å². The molecule has 0 spiro atoms. The molecule has 0 saturated heterocycles. The Bertz CT molecular complexity index is 942. The van der Waals surface area contributed by atoms with Crippen LogP contribution in [0.1, 0.15) is 10.5 Å². The largest absolute Gasteiger partial charge is 0.451 e. The van der Waals surface area contributed by atoms with Crippen LogP contribution in [0.25, 0.3) is 10.9 Å². The molecule has 1 amide bonds. The van der Waals surface area contributed by atoms with Crippen molar-refractivity contribution < 1.29 is 17.6 Å². The second-order valence-electron chi connectivity index (χ2n) is 4.64. The summed E-state index contributed by atoms with van der Waals surface area (Å²) in [6.07, 6.45) is 1.27. The molecule has 3 aromatic rings. The molecule has 22 heavy (non-hydrogen) atoms. The number of primary amides is 1. The number of fused-ring (bicyclic) bond motifs is 1. The number of rotatable bonds is 4. The van der Waals surface area contributed by atoms with Gasteiger partial charge in [-0.15, -0.1) is 0 Å². The van der Waals surface area contributed by atoms with Crippen molar-refractivity contribution in [1.29, 1.82) is 0 Å². The third-order valence-electron chi connectivity index (χ3n) is 3.32. The number of para-hydroxylation sites is 1. The van der Waals surface area contributed by atoms with E-state index in [1.165, 1.54) is 30.1 Å². The highest BCUT2D eigenvalue weighted by Crippen LogP contribution is 2.23. The van der Waals surface area contributed by atoms with Gasteiger partial charge in [-0.25, -0.2) is 9.09 Å². The fourth-order valence-electron chi connectivity index (χ4n) is 2.27. The number of hydrogen-bond donors (Lipinski definition) is 1. The molecule has 0 aliphatic rings. The number of furan rings is 1. The van der Waals surface area contributed by atoms with Crippen LogP contribution in [0, 0.1) is 0 Å². The highest BCUT2D eigenvalue weighted by Gasteiger charge is 2.28. The maximum Gasteiger partial charge on any atom is 0.310 e. The maximum atomic E-state index is 12.6. The second kappa shape index (κ2) is 4.92. The van der Waals surface area contributed by atoms with Crippen LogP contribution >= 0.6 is 0 Å². The third kappa shape index (κ3) is 2.04. The number of carbonyl (C=O) groups excluding carboxylic acids is 1. The molecule has 2 aromatic heterocycles. The smallest absolute Gasteiger partial charge is 0.310 e. The van der Waals surface area contributed by atoms with Gasteiger partial charge in [-0.1, -0.05) is 18.2 Å². The van der Waals surface area contributed by atoms with Crippen molar-refractivity contribution in [2.75, 3.05) is 11.5 Å². The summed E-state index contributed by atoms with van der Waals surface area (Å²) in [4.78, 5) is 11.7. The first kappa shape index (κ1) is 14.2. The number of sulfonamides is 1. The molecule has 1 aromatic carbocycles. The van der Waals surface area contributed by atoms with Crippen LogP contribution in [-0.2, 0) is 10.0 Å². The summed E-state index contributed by atoms with van der Waals surface area (Å²) >= 11 is 0. The van der Waals surface area contributed by atoms with E-state index < -0.39 is 15.9 Å². The van der Waals surface area contributed by atoms with Gasteiger partial charge in [0.1, 0.15) is 5.69 Å². The van der Waals surface area contributed by atoms with E-state index in [0.29, 0.717) is 10.9 Å². The zero-order valence-electron chi connectivity index (χ0n) is 11.6. The Morgan fingerprint density at radius 1 is 1.23 bits per heavy atom. The van der Waals surface area contributed by atoms with Crippen molar-refractivity contribution in [3.63, 3.8) is 0 Å². The first-order valence-corrected chi connectivity index (χ1v) is 7.80. The SMILES string of the molecule is CN(n1c(C(N)=O)cc2ccccc21)S(=O)(=O)c1ccco1. The van der Waals surface area contributed by atoms with Crippen LogP contribution in [0.2, 0.25) is 0 Å². The zero-order chi connectivity index (χ0) is 15.9. The third-order valence-corrected chi connectivity index (χ3v) is 4.92. The molecule has 2 heterocycles. The highest BCUT2D eigenvalue weighted by atomic mass is 32.2. The quantitative estimate of drug-likeness (QED) is 0.783. The van der Waals surface area contributed by atoms with Gasteiger partial charge >= 0.3 is 10.0 Å². The average molecular weight is 319 g/mol. The molecule has 0 aliphatic heterocycles. The molecule has 0 bridgehead atoms. The van der Waals surface area contributed by atoms with Crippen LogP contribution in [0.5, 0.6) is 0 Å². The molecule has 3 rings (SSSR count). The predicted molar refractivity (Wildman–Crippen MR) is 80.5 cm³/mol. The lowest BCUT2D eigenvalue weighted by atomic mass is 10.2. The van der Waals surface area contributed by atoms with Gasteiger partial charge in [0, 0.05) is 12.4 Å². The van der Waals surface area contributed by atoms with Crippen molar-refractivity contribution in [2.45, 2.75) is 5.09 Å². The number of carbonyl (C=O) groups is 1. The van der Waals surface area contributed by atoms with Crippen LogP contribution < -0.4 is 10.1 Å². The summed E-state index contributed by atoms with van der Waals surface area (Å²) in [5, 5.41) is 0.487. The number of amides is 1. The van der Waals surface area contributed by atoms with Crippen LogP contribution in [0.4, 0.5) is 0 Å². The van der Waals surface area contributed by atoms with Crippen molar-refractivity contribution >= 4 is 26.8 Å². The number of aromatic nitrogens is 1. The number of nitrogens with two attached hydrogens (primary N) is 1. The molecule has 8 heteroatoms. The van der Waals surface area contributed by atoms with Crippen LogP contribution in [0.15, 0.2) is 58.2 Å². The van der Waals surface area contributed by atoms with Gasteiger partial charge in [0.25, 0.3) is 5.91 Å². The fraction of sp³-hybridized carbons (Fsp3) is 0.0714. The second-order valence-corrected chi connectivity index (χ2v) is 6.52. The van der Waals surface area contributed by atoms with Gasteiger partial charge in [0.05, 0.1) is 11.8 Å². The minimum absolute atomic E-state index is 0.0684. The molecule has 0 saturated carbocycles. The molecule has 0 unspecified atom stereocenters. The fourth-order valence-corrected chi connectivity index (χ4v) is 3.35. The Kier molecular flexibility index (Phi) is 3.18. The summed E-state index contributed by atoms with van der Waals surface area (Å²) in [5.74, 6) is -0.724. The zero-order valence-corrected chi connectivity index (χ0v) is 12.4. The van der Waals surface area contributed by atoms with Crippen LogP contribution in [0.3, 0.4) is 0 Å². The van der Waals surface area contributed by atoms with E-state index in [2.05, 4.69) is 0 Å². The molecule has 7 nitrogen and oxygen atoms in total. The summed E-state index contributed by atoms with van der Waals surface area (Å²) in [5.41, 5.74) is 5.99.